The molecule has 2 aromatic rings. The fraction of sp³-hybridized carbons (Fsp3) is 0.641. The van der Waals surface area contributed by atoms with Crippen LogP contribution in [0.25, 0.3) is 11.0 Å². The number of amides is 3. The molecule has 1 aromatic heterocycles. The van der Waals surface area contributed by atoms with E-state index in [1.165, 1.54) is 4.90 Å². The highest BCUT2D eigenvalue weighted by atomic mass is 32.2. The maximum atomic E-state index is 14.6. The Balaban J connectivity index is 1.33. The van der Waals surface area contributed by atoms with E-state index in [0.717, 1.165) is 12.8 Å². The Labute approximate surface area is 317 Å². The van der Waals surface area contributed by atoms with Crippen LogP contribution < -0.4 is 19.5 Å². The van der Waals surface area contributed by atoms with Gasteiger partial charge in [0.1, 0.15) is 34.7 Å². The molecule has 15 heteroatoms. The minimum atomic E-state index is -3.89. The lowest BCUT2D eigenvalue weighted by Crippen LogP contribution is -2.57. The summed E-state index contributed by atoms with van der Waals surface area (Å²) in [6.07, 6.45) is 7.64. The molecule has 0 unspecified atom stereocenters. The third-order valence-corrected chi connectivity index (χ3v) is 12.3. The SMILES string of the molecule is COc1ccc2nc(C(C)C)c(O[C@@H]3C[C@H]4C(=O)N[C@]5(C(=O)NS(=O)(=O)C6CC6)C[C@H]5/C=C\CCCCC[C@H](CC(=O)OC(C)(C)C)C(=O)N4C3)nc2c1. The topological polar surface area (TPSA) is 183 Å². The highest BCUT2D eigenvalue weighted by Gasteiger charge is 2.62. The van der Waals surface area contributed by atoms with Gasteiger partial charge in [-0.1, -0.05) is 38.8 Å². The number of benzene rings is 1. The number of methoxy groups -OCH3 is 1. The summed E-state index contributed by atoms with van der Waals surface area (Å²) < 4.78 is 45.5. The second-order valence-electron chi connectivity index (χ2n) is 16.4. The number of ether oxygens (including phenoxy) is 3. The average molecular weight is 768 g/mol. The quantitative estimate of drug-likeness (QED) is 0.271. The van der Waals surface area contributed by atoms with Crippen LogP contribution in [0.15, 0.2) is 30.4 Å². The first kappa shape index (κ1) is 39.4. The van der Waals surface area contributed by atoms with Crippen molar-refractivity contribution in [2.75, 3.05) is 13.7 Å². The van der Waals surface area contributed by atoms with Crippen molar-refractivity contribution in [3.05, 3.63) is 36.0 Å². The maximum absolute atomic E-state index is 14.6. The molecule has 4 aliphatic rings. The number of hydrogen-bond donors (Lipinski definition) is 2. The van der Waals surface area contributed by atoms with Gasteiger partial charge in [0.15, 0.2) is 0 Å². The Morgan fingerprint density at radius 1 is 1.07 bits per heavy atom. The number of hydrogen-bond acceptors (Lipinski definition) is 11. The zero-order chi connectivity index (χ0) is 39.0. The Bertz CT molecular complexity index is 1920. The van der Waals surface area contributed by atoms with Gasteiger partial charge in [0, 0.05) is 30.2 Å². The predicted octanol–water partition coefficient (Wildman–Crippen LogP) is 4.46. The van der Waals surface area contributed by atoms with Crippen LogP contribution in [0, 0.1) is 11.8 Å². The molecular formula is C39H53N5O9S. The number of sulfonamides is 1. The van der Waals surface area contributed by atoms with Crippen molar-refractivity contribution in [3.8, 4) is 11.6 Å². The Morgan fingerprint density at radius 3 is 2.52 bits per heavy atom. The van der Waals surface area contributed by atoms with E-state index >= 15 is 0 Å². The normalized spacial score (nSPS) is 27.2. The molecule has 2 aliphatic carbocycles. The molecule has 14 nitrogen and oxygen atoms in total. The number of carbonyl (C=O) groups is 4. The summed E-state index contributed by atoms with van der Waals surface area (Å²) in [5, 5.41) is 2.27. The summed E-state index contributed by atoms with van der Waals surface area (Å²) in [5.74, 6) is -2.66. The molecule has 0 bridgehead atoms. The van der Waals surface area contributed by atoms with E-state index in [-0.39, 0.29) is 43.5 Å². The van der Waals surface area contributed by atoms with E-state index in [1.54, 1.807) is 40.0 Å². The number of fused-ring (bicyclic) bond motifs is 3. The molecule has 0 spiro atoms. The fourth-order valence-corrected chi connectivity index (χ4v) is 8.71. The van der Waals surface area contributed by atoms with Gasteiger partial charge in [-0.2, -0.15) is 0 Å². The van der Waals surface area contributed by atoms with E-state index in [1.807, 2.05) is 32.1 Å². The monoisotopic (exact) mass is 767 g/mol. The van der Waals surface area contributed by atoms with Crippen LogP contribution in [0.2, 0.25) is 0 Å². The first-order valence-electron chi connectivity index (χ1n) is 19.1. The molecule has 2 aliphatic heterocycles. The maximum Gasteiger partial charge on any atom is 0.307 e. The van der Waals surface area contributed by atoms with Crippen LogP contribution in [0.4, 0.5) is 0 Å². The van der Waals surface area contributed by atoms with E-state index in [0.29, 0.717) is 54.6 Å². The largest absolute Gasteiger partial charge is 0.497 e. The summed E-state index contributed by atoms with van der Waals surface area (Å²) in [7, 11) is -2.33. The highest BCUT2D eigenvalue weighted by Crippen LogP contribution is 2.46. The number of rotatable bonds is 9. The van der Waals surface area contributed by atoms with Crippen molar-refractivity contribution in [3.63, 3.8) is 0 Å². The molecule has 1 saturated heterocycles. The number of carbonyl (C=O) groups excluding carboxylic acids is 4. The van der Waals surface area contributed by atoms with Crippen LogP contribution >= 0.6 is 0 Å². The molecule has 2 saturated carbocycles. The minimum absolute atomic E-state index is 0.00961. The summed E-state index contributed by atoms with van der Waals surface area (Å²) >= 11 is 0. The smallest absolute Gasteiger partial charge is 0.307 e. The van der Waals surface area contributed by atoms with Crippen molar-refractivity contribution >= 4 is 44.7 Å². The first-order valence-corrected chi connectivity index (χ1v) is 20.6. The lowest BCUT2D eigenvalue weighted by molar-refractivity contribution is -0.159. The number of nitrogens with zero attached hydrogens (tertiary/aromatic N) is 3. The summed E-state index contributed by atoms with van der Waals surface area (Å²) in [6.45, 7) is 9.25. The lowest BCUT2D eigenvalue weighted by Gasteiger charge is -2.30. The molecule has 294 valence electrons. The van der Waals surface area contributed by atoms with E-state index in [4.69, 9.17) is 24.2 Å². The third-order valence-electron chi connectivity index (χ3n) is 10.5. The Kier molecular flexibility index (Phi) is 11.3. The molecular weight excluding hydrogens is 715 g/mol. The van der Waals surface area contributed by atoms with Gasteiger partial charge in [-0.05, 0) is 71.4 Å². The molecule has 3 heterocycles. The molecule has 3 fully saturated rings. The Morgan fingerprint density at radius 2 is 1.83 bits per heavy atom. The molecule has 5 atom stereocenters. The molecule has 1 aromatic carbocycles. The third kappa shape index (κ3) is 8.98. The fourth-order valence-electron chi connectivity index (χ4n) is 7.34. The standard InChI is InChI=1S/C39H53N5O9S/c1-23(2)33-35(41-30-19-26(51-6)14-17-29(30)40-33)52-27-20-31-34(46)42-39(37(48)43-54(49,50)28-15-16-28)21-25(39)13-11-9-7-8-10-12-24(36(47)44(31)22-27)18-32(45)53-38(3,4)5/h11,13-14,17,19,23-25,27-28,31H,7-10,12,15-16,18,20-22H2,1-6H3,(H,42,46)(H,43,48)/b13-11-/t24-,25-,27-,31+,39-/m1/s1. The molecule has 54 heavy (non-hydrogen) atoms. The van der Waals surface area contributed by atoms with E-state index in [2.05, 4.69) is 10.0 Å². The average Bonchev–Trinajstić information content (AvgIpc) is 4.02. The highest BCUT2D eigenvalue weighted by molar-refractivity contribution is 7.91. The van der Waals surface area contributed by atoms with E-state index in [9.17, 15) is 27.6 Å². The minimum Gasteiger partial charge on any atom is -0.497 e. The summed E-state index contributed by atoms with van der Waals surface area (Å²) in [6, 6.07) is 4.29. The zero-order valence-corrected chi connectivity index (χ0v) is 32.9. The van der Waals surface area contributed by atoms with Crippen LogP contribution in [0.3, 0.4) is 0 Å². The van der Waals surface area contributed by atoms with Gasteiger partial charge in [0.2, 0.25) is 27.7 Å². The first-order chi connectivity index (χ1) is 25.5. The van der Waals surface area contributed by atoms with Gasteiger partial charge in [0.05, 0.1) is 36.4 Å². The number of esters is 1. The molecule has 6 rings (SSSR count). The van der Waals surface area contributed by atoms with Crippen molar-refractivity contribution in [2.45, 2.75) is 133 Å². The Hall–Kier alpha value is -4.27. The van der Waals surface area contributed by atoms with Crippen LogP contribution in [-0.4, -0.2) is 89.2 Å². The van der Waals surface area contributed by atoms with Crippen LogP contribution in [-0.2, 0) is 33.9 Å². The second kappa shape index (κ2) is 15.5. The number of aromatic nitrogens is 2. The van der Waals surface area contributed by atoms with Gasteiger partial charge in [0.25, 0.3) is 5.91 Å². The molecule has 3 amide bonds. The van der Waals surface area contributed by atoms with Gasteiger partial charge < -0.3 is 24.4 Å². The molecule has 0 radical (unpaired) electrons. The van der Waals surface area contributed by atoms with Crippen molar-refractivity contribution in [1.29, 1.82) is 0 Å². The predicted molar refractivity (Wildman–Crippen MR) is 200 cm³/mol. The van der Waals surface area contributed by atoms with Gasteiger partial charge in [-0.3, -0.25) is 23.9 Å². The van der Waals surface area contributed by atoms with Gasteiger partial charge in [-0.25, -0.2) is 18.4 Å². The van der Waals surface area contributed by atoms with Crippen molar-refractivity contribution < 1.29 is 41.8 Å². The van der Waals surface area contributed by atoms with Gasteiger partial charge in [-0.15, -0.1) is 0 Å². The van der Waals surface area contributed by atoms with Gasteiger partial charge >= 0.3 is 5.97 Å². The van der Waals surface area contributed by atoms with Crippen LogP contribution in [0.5, 0.6) is 11.6 Å². The van der Waals surface area contributed by atoms with Crippen molar-refractivity contribution in [1.82, 2.24) is 24.9 Å². The zero-order valence-electron chi connectivity index (χ0n) is 32.1. The van der Waals surface area contributed by atoms with Crippen LogP contribution in [0.1, 0.15) is 110 Å². The number of allylic oxidation sites excluding steroid dienone is 1. The molecule has 2 N–H and O–H groups in total. The van der Waals surface area contributed by atoms with E-state index < -0.39 is 68.2 Å². The number of nitrogens with one attached hydrogen (secondary N) is 2. The summed E-state index contributed by atoms with van der Waals surface area (Å²) in [5.41, 5.74) is -0.424. The summed E-state index contributed by atoms with van der Waals surface area (Å²) in [4.78, 5) is 66.9. The second-order valence-corrected chi connectivity index (χ2v) is 18.4. The lowest BCUT2D eigenvalue weighted by atomic mass is 9.95. The van der Waals surface area contributed by atoms with Crippen molar-refractivity contribution in [2.24, 2.45) is 11.8 Å².